The number of aryl methyl sites for hydroxylation is 2. The van der Waals surface area contributed by atoms with Crippen LogP contribution < -0.4 is 14.2 Å². The highest BCUT2D eigenvalue weighted by Crippen LogP contribution is 2.39. The van der Waals surface area contributed by atoms with E-state index in [4.69, 9.17) is 15.5 Å². The summed E-state index contributed by atoms with van der Waals surface area (Å²) in [7, 11) is 5.93. The average Bonchev–Trinajstić information content (AvgIpc) is 3.87. The Morgan fingerprint density at radius 2 is 1.08 bits per heavy atom. The molecule has 60 heavy (non-hydrogen) atoms. The van der Waals surface area contributed by atoms with E-state index in [1.54, 1.807) is 54.3 Å². The maximum Gasteiger partial charge on any atom is 0.257 e. The number of phenolic OH excluding ortho intramolecular Hbond substituents is 1. The number of methoxy groups -OCH3 is 1. The van der Waals surface area contributed by atoms with Crippen molar-refractivity contribution in [1.29, 1.82) is 1.28 Å². The van der Waals surface area contributed by atoms with Crippen LogP contribution in [0.1, 0.15) is 67.9 Å². The van der Waals surface area contributed by atoms with E-state index in [0.717, 1.165) is 41.5 Å². The minimum atomic E-state index is -0.167. The fourth-order valence-corrected chi connectivity index (χ4v) is 8.11. The van der Waals surface area contributed by atoms with Gasteiger partial charge in [0.25, 0.3) is 17.7 Å². The molecule has 2 radical (unpaired) electrons. The van der Waals surface area contributed by atoms with E-state index in [1.807, 2.05) is 36.4 Å². The molecule has 0 aliphatic carbocycles. The van der Waals surface area contributed by atoms with E-state index in [9.17, 15) is 19.5 Å². The molecule has 3 saturated heterocycles. The predicted octanol–water partition coefficient (Wildman–Crippen LogP) is 6.96. The second kappa shape index (κ2) is 17.7. The first kappa shape index (κ1) is 40.8. The Labute approximate surface area is 355 Å². The zero-order valence-corrected chi connectivity index (χ0v) is 35.1. The molecular formula is C45H48BN6O7P. The van der Waals surface area contributed by atoms with Crippen molar-refractivity contribution >= 4 is 70.1 Å². The summed E-state index contributed by atoms with van der Waals surface area (Å²) < 4.78 is 23.6. The van der Waals surface area contributed by atoms with E-state index in [1.165, 1.54) is 0 Å². The van der Waals surface area contributed by atoms with Crippen LogP contribution in [-0.2, 0) is 0 Å². The van der Waals surface area contributed by atoms with Crippen molar-refractivity contribution in [3.63, 3.8) is 0 Å². The van der Waals surface area contributed by atoms with Crippen LogP contribution in [0, 0.1) is 13.8 Å². The third kappa shape index (κ3) is 8.38. The fraction of sp³-hybridized carbons (Fsp3) is 0.333. The fourth-order valence-electron chi connectivity index (χ4n) is 8.11. The summed E-state index contributed by atoms with van der Waals surface area (Å²) in [6.45, 7) is 18.2. The molecule has 6 aliphatic rings. The molecule has 3 amide bonds. The molecule has 9 rings (SSSR count). The van der Waals surface area contributed by atoms with Crippen LogP contribution in [0.2, 0.25) is 0 Å². The first-order chi connectivity index (χ1) is 29.3. The van der Waals surface area contributed by atoms with Gasteiger partial charge in [0.15, 0.2) is 11.5 Å². The Hall–Kier alpha value is -6.01. The molecule has 308 valence electrons. The molecule has 3 fully saturated rings. The number of hydrogen-bond donors (Lipinski definition) is 1. The number of ether oxygens (including phenoxy) is 3. The number of carbonyl (C=O) groups is 3. The normalized spacial score (nSPS) is 21.1. The molecular weight excluding hydrogens is 778 g/mol. The Balaban J connectivity index is 0.000000221. The van der Waals surface area contributed by atoms with Crippen molar-refractivity contribution in [2.75, 3.05) is 40.0 Å². The molecule has 4 atom stereocenters. The van der Waals surface area contributed by atoms with Gasteiger partial charge in [-0.05, 0) is 62.4 Å². The topological polar surface area (TPSA) is 146 Å². The van der Waals surface area contributed by atoms with Gasteiger partial charge in [-0.1, -0.05) is 36.5 Å². The highest BCUT2D eigenvalue weighted by atomic mass is 31.0. The van der Waals surface area contributed by atoms with Crippen molar-refractivity contribution < 1.29 is 33.7 Å². The summed E-state index contributed by atoms with van der Waals surface area (Å²) in [4.78, 5) is 57.6. The van der Waals surface area contributed by atoms with Crippen LogP contribution in [0.15, 0.2) is 87.8 Å². The number of aliphatic imine (C=N–C) groups is 3. The van der Waals surface area contributed by atoms with E-state index >= 15 is 0 Å². The van der Waals surface area contributed by atoms with E-state index in [0.29, 0.717) is 95.8 Å². The van der Waals surface area contributed by atoms with Gasteiger partial charge in [-0.25, -0.2) is 0 Å². The van der Waals surface area contributed by atoms with Crippen LogP contribution in [0.25, 0.3) is 0 Å². The van der Waals surface area contributed by atoms with Crippen molar-refractivity contribution in [1.82, 2.24) is 14.7 Å². The Morgan fingerprint density at radius 3 is 1.55 bits per heavy atom. The lowest BCUT2D eigenvalue weighted by Gasteiger charge is -2.20. The molecule has 0 saturated carbocycles. The van der Waals surface area contributed by atoms with Gasteiger partial charge in [-0.3, -0.25) is 29.4 Å². The highest BCUT2D eigenvalue weighted by molar-refractivity contribution is 7.49. The quantitative estimate of drug-likeness (QED) is 0.117. The summed E-state index contributed by atoms with van der Waals surface area (Å²) in [5, 5.41) is 9.69. The number of carbonyl (C=O) groups excluding carboxylic acids is 3. The number of benzene rings is 3. The smallest absolute Gasteiger partial charge is 0.257 e. The molecule has 3 aromatic carbocycles. The molecule has 1 unspecified atom stereocenters. The number of fused-ring (bicyclic) bond motifs is 6. The van der Waals surface area contributed by atoms with Crippen molar-refractivity contribution in [3.8, 4) is 23.0 Å². The number of aromatic hydroxyl groups is 1. The Morgan fingerprint density at radius 1 is 0.683 bits per heavy atom. The van der Waals surface area contributed by atoms with Crippen LogP contribution in [-0.4, -0.2) is 123 Å². The van der Waals surface area contributed by atoms with Crippen LogP contribution in [0.3, 0.4) is 0 Å². The Bertz CT molecular complexity index is 2420. The molecule has 1 N–H and O–H groups in total. The highest BCUT2D eigenvalue weighted by Gasteiger charge is 2.36. The molecule has 0 spiro atoms. The van der Waals surface area contributed by atoms with Gasteiger partial charge in [-0.15, -0.1) is 0 Å². The summed E-state index contributed by atoms with van der Waals surface area (Å²) in [6, 6.07) is 10.3. The summed E-state index contributed by atoms with van der Waals surface area (Å²) in [6.07, 6.45) is 8.28. The summed E-state index contributed by atoms with van der Waals surface area (Å²) in [5.41, 5.74) is 8.05. The van der Waals surface area contributed by atoms with E-state index in [2.05, 4.69) is 42.3 Å². The number of nitrogens with zero attached hydrogens (tertiary/aromatic N) is 6. The van der Waals surface area contributed by atoms with Crippen molar-refractivity contribution in [3.05, 3.63) is 101 Å². The molecule has 6 aliphatic heterocycles. The van der Waals surface area contributed by atoms with Gasteiger partial charge >= 0.3 is 0 Å². The lowest BCUT2D eigenvalue weighted by molar-refractivity contribution is 0.0770. The zero-order valence-electron chi connectivity index (χ0n) is 35.1. The standard InChI is InChI=1S/C31H32N4O5.C14H14N2O2.BH2P/c1-18-8-21-14-32-25-12-27(20(3)10-23(25)30(36)34(21)16-18)39-6-5-7-40-29-13-26-24(11-28(29)38-4)31(37)35-17-19(2)9-22(35)15-33-26;1-8-3-10-6-15-12-5-13(17)9(2)4-11(12)14(18)16(10)7-8;1-2/h10-15,21-22H,1-2,5-9,16-17H2,3-4H3;4-6,10,17H,1,3,7H2,2H3;2H2/t21-,22-;10-;/m00./s1/i;;2D. The first-order valence-corrected chi connectivity index (χ1v) is 20.3. The number of amides is 3. The summed E-state index contributed by atoms with van der Waals surface area (Å²) >= 11 is 0. The average molecular weight is 828 g/mol. The maximum absolute atomic E-state index is 13.2. The zero-order chi connectivity index (χ0) is 43.5. The maximum atomic E-state index is 13.2. The van der Waals surface area contributed by atoms with Gasteiger partial charge in [0.05, 0.1) is 79.8 Å². The monoisotopic (exact) mass is 827 g/mol. The largest absolute Gasteiger partial charge is 0.508 e. The number of hydrogen-bond acceptors (Lipinski definition) is 10. The minimum absolute atomic E-state index is 0.000140. The molecule has 15 heteroatoms. The van der Waals surface area contributed by atoms with Gasteiger partial charge < -0.3 is 34.0 Å². The predicted molar refractivity (Wildman–Crippen MR) is 238 cm³/mol. The van der Waals surface area contributed by atoms with Crippen LogP contribution in [0.5, 0.6) is 23.0 Å². The van der Waals surface area contributed by atoms with Gasteiger partial charge in [0.2, 0.25) is 0 Å². The third-order valence-corrected chi connectivity index (χ3v) is 11.2. The SMILES string of the molecule is C=C1C[C@H]2C=Nc3cc(O)c(C)cc3C(=O)N2C1.C=C1C[C@H]2C=Nc3cc(OCCCOc4cc5c(cc4OC)C(=O)N4CC(=C)C[C@H]4C=N5)c(C)cc3C(=O)N2C1.[2H]P[B]. The lowest BCUT2D eigenvalue weighted by atomic mass is 10.1. The van der Waals surface area contributed by atoms with Gasteiger partial charge in [0.1, 0.15) is 11.5 Å². The van der Waals surface area contributed by atoms with Crippen LogP contribution >= 0.6 is 9.06 Å². The summed E-state index contributed by atoms with van der Waals surface area (Å²) in [5.74, 6) is 1.73. The molecule has 6 heterocycles. The van der Waals surface area contributed by atoms with Gasteiger partial charge in [-0.2, -0.15) is 9.06 Å². The Kier molecular flexibility index (Phi) is 12.0. The second-order valence-electron chi connectivity index (χ2n) is 15.6. The van der Waals surface area contributed by atoms with E-state index in [-0.39, 0.29) is 50.7 Å². The lowest BCUT2D eigenvalue weighted by Crippen LogP contribution is -2.35. The number of phenols is 1. The van der Waals surface area contributed by atoms with Gasteiger partial charge in [0, 0.05) is 64.2 Å². The first-order valence-electron chi connectivity index (χ1n) is 20.2. The molecule has 13 nitrogen and oxygen atoms in total. The molecule has 3 aromatic rings. The van der Waals surface area contributed by atoms with Crippen LogP contribution in [0.4, 0.5) is 17.1 Å². The number of rotatable bonds is 7. The third-order valence-electron chi connectivity index (χ3n) is 11.2. The van der Waals surface area contributed by atoms with Crippen molar-refractivity contribution in [2.45, 2.75) is 57.7 Å². The molecule has 0 bridgehead atoms. The second-order valence-corrected chi connectivity index (χ2v) is 15.6. The van der Waals surface area contributed by atoms with E-state index < -0.39 is 0 Å². The van der Waals surface area contributed by atoms with Crippen molar-refractivity contribution in [2.24, 2.45) is 15.0 Å². The minimum Gasteiger partial charge on any atom is -0.508 e. The molecule has 0 aromatic heterocycles.